The van der Waals surface area contributed by atoms with Crippen LogP contribution in [0.15, 0.2) is 66.2 Å². The second kappa shape index (κ2) is 9.69. The van der Waals surface area contributed by atoms with Crippen LogP contribution in [0.2, 0.25) is 0 Å². The van der Waals surface area contributed by atoms with Gasteiger partial charge in [0.15, 0.2) is 11.6 Å². The van der Waals surface area contributed by atoms with Gasteiger partial charge < -0.3 is 19.5 Å². The van der Waals surface area contributed by atoms with Crippen LogP contribution in [0.1, 0.15) is 17.2 Å². The van der Waals surface area contributed by atoms with Crippen molar-refractivity contribution in [1.29, 1.82) is 0 Å². The summed E-state index contributed by atoms with van der Waals surface area (Å²) in [5.41, 5.74) is 1.21. The van der Waals surface area contributed by atoms with Crippen molar-refractivity contribution in [3.63, 3.8) is 0 Å². The highest BCUT2D eigenvalue weighted by Gasteiger charge is 2.47. The van der Waals surface area contributed by atoms with Crippen molar-refractivity contribution < 1.29 is 33.0 Å². The van der Waals surface area contributed by atoms with Crippen LogP contribution in [0.3, 0.4) is 0 Å². The van der Waals surface area contributed by atoms with Gasteiger partial charge in [-0.25, -0.2) is 8.78 Å². The number of hydrogen-bond donors (Lipinski definition) is 1. The first-order valence-corrected chi connectivity index (χ1v) is 10.9. The summed E-state index contributed by atoms with van der Waals surface area (Å²) in [4.78, 5) is 29.5. The number of ether oxygens (including phenoxy) is 2. The number of carbonyl (C=O) groups is 2. The van der Waals surface area contributed by atoms with Crippen LogP contribution in [0.5, 0.6) is 11.5 Å². The van der Waals surface area contributed by atoms with E-state index in [2.05, 4.69) is 0 Å². The topological polar surface area (TPSA) is 79.3 Å². The van der Waals surface area contributed by atoms with Gasteiger partial charge in [0.05, 0.1) is 31.4 Å². The van der Waals surface area contributed by atoms with Gasteiger partial charge in [0.2, 0.25) is 0 Å². The Hall–Kier alpha value is -4.40. The van der Waals surface area contributed by atoms with E-state index in [-0.39, 0.29) is 22.6 Å². The van der Waals surface area contributed by atoms with Crippen LogP contribution in [-0.4, -0.2) is 45.1 Å². The second-order valence-electron chi connectivity index (χ2n) is 8.32. The van der Waals surface area contributed by atoms with Gasteiger partial charge in [-0.2, -0.15) is 0 Å². The fourth-order valence-electron chi connectivity index (χ4n) is 4.15. The third-order valence-corrected chi connectivity index (χ3v) is 6.01. The zero-order valence-corrected chi connectivity index (χ0v) is 20.1. The average molecular weight is 494 g/mol. The molecule has 1 heterocycles. The molecule has 4 rings (SSSR count). The minimum Gasteiger partial charge on any atom is -0.507 e. The van der Waals surface area contributed by atoms with E-state index < -0.39 is 35.1 Å². The smallest absolute Gasteiger partial charge is 0.300 e. The summed E-state index contributed by atoms with van der Waals surface area (Å²) < 4.78 is 38.4. The molecule has 36 heavy (non-hydrogen) atoms. The molecular weight excluding hydrogens is 470 g/mol. The quantitative estimate of drug-likeness (QED) is 0.305. The molecule has 1 N–H and O–H groups in total. The van der Waals surface area contributed by atoms with Crippen molar-refractivity contribution in [2.24, 2.45) is 0 Å². The number of aliphatic hydroxyl groups excluding tert-OH is 1. The molecule has 3 aromatic rings. The first kappa shape index (κ1) is 24.7. The molecular formula is C27H24F2N2O5. The molecule has 0 spiro atoms. The number of carbonyl (C=O) groups excluding carboxylic acids is 2. The Kier molecular flexibility index (Phi) is 6.65. The zero-order chi connectivity index (χ0) is 26.1. The lowest BCUT2D eigenvalue weighted by Crippen LogP contribution is -2.29. The number of rotatable bonds is 6. The number of Topliss-reactive ketones (excluding diaryl/α,β-unsaturated/α-hetero) is 1. The van der Waals surface area contributed by atoms with Crippen LogP contribution in [0.25, 0.3) is 5.76 Å². The van der Waals surface area contributed by atoms with Gasteiger partial charge in [0, 0.05) is 31.5 Å². The Morgan fingerprint density at radius 2 is 1.61 bits per heavy atom. The molecule has 0 aliphatic carbocycles. The number of ketones is 1. The first-order valence-electron chi connectivity index (χ1n) is 10.9. The minimum atomic E-state index is -1.18. The predicted molar refractivity (Wildman–Crippen MR) is 131 cm³/mol. The molecule has 0 aromatic heterocycles. The molecule has 0 bridgehead atoms. The molecule has 7 nitrogen and oxygen atoms in total. The normalized spacial score (nSPS) is 16.8. The highest BCUT2D eigenvalue weighted by Crippen LogP contribution is 2.44. The SMILES string of the molecule is COc1ccc(OC)c(/C(O)=C2\C(=O)C(=O)N(c3ccc(F)c(F)c3)C2c2ccc(N(C)C)cc2)c1. The maximum absolute atomic E-state index is 14.1. The Bertz CT molecular complexity index is 1370. The summed E-state index contributed by atoms with van der Waals surface area (Å²) in [6, 6.07) is 13.4. The highest BCUT2D eigenvalue weighted by molar-refractivity contribution is 6.51. The fraction of sp³-hybridized carbons (Fsp3) is 0.185. The third-order valence-electron chi connectivity index (χ3n) is 6.01. The van der Waals surface area contributed by atoms with E-state index >= 15 is 0 Å². The van der Waals surface area contributed by atoms with Crippen LogP contribution in [0.4, 0.5) is 20.2 Å². The Morgan fingerprint density at radius 1 is 0.917 bits per heavy atom. The van der Waals surface area contributed by atoms with Gasteiger partial charge in [-0.3, -0.25) is 14.5 Å². The Balaban J connectivity index is 1.98. The molecule has 1 aliphatic rings. The molecule has 3 aromatic carbocycles. The van der Waals surface area contributed by atoms with Gasteiger partial charge in [-0.15, -0.1) is 0 Å². The van der Waals surface area contributed by atoms with Crippen molar-refractivity contribution >= 4 is 28.8 Å². The van der Waals surface area contributed by atoms with Gasteiger partial charge in [-0.1, -0.05) is 12.1 Å². The zero-order valence-electron chi connectivity index (χ0n) is 20.1. The lowest BCUT2D eigenvalue weighted by atomic mass is 9.94. The minimum absolute atomic E-state index is 0.0330. The lowest BCUT2D eigenvalue weighted by Gasteiger charge is -2.26. The van der Waals surface area contributed by atoms with Crippen molar-refractivity contribution in [3.8, 4) is 11.5 Å². The van der Waals surface area contributed by atoms with Crippen LogP contribution >= 0.6 is 0 Å². The second-order valence-corrected chi connectivity index (χ2v) is 8.32. The summed E-state index contributed by atoms with van der Waals surface area (Å²) in [7, 11) is 6.56. The molecule has 1 saturated heterocycles. The van der Waals surface area contributed by atoms with Crippen LogP contribution in [-0.2, 0) is 9.59 Å². The number of aliphatic hydroxyl groups is 1. The molecule has 1 aliphatic heterocycles. The summed E-state index contributed by atoms with van der Waals surface area (Å²) >= 11 is 0. The van der Waals surface area contributed by atoms with E-state index in [1.165, 1.54) is 26.4 Å². The summed E-state index contributed by atoms with van der Waals surface area (Å²) in [6.45, 7) is 0. The van der Waals surface area contributed by atoms with Crippen LogP contribution < -0.4 is 19.3 Å². The largest absolute Gasteiger partial charge is 0.507 e. The average Bonchev–Trinajstić information content (AvgIpc) is 3.15. The number of benzene rings is 3. The van der Waals surface area contributed by atoms with Crippen molar-refractivity contribution in [3.05, 3.63) is 89.0 Å². The molecule has 186 valence electrons. The van der Waals surface area contributed by atoms with E-state index in [1.807, 2.05) is 19.0 Å². The molecule has 9 heteroatoms. The Morgan fingerprint density at radius 3 is 2.19 bits per heavy atom. The van der Waals surface area contributed by atoms with E-state index in [1.54, 1.807) is 36.4 Å². The molecule has 0 saturated carbocycles. The summed E-state index contributed by atoms with van der Waals surface area (Å²) in [5.74, 6) is -4.10. The van der Waals surface area contributed by atoms with E-state index in [0.29, 0.717) is 11.3 Å². The predicted octanol–water partition coefficient (Wildman–Crippen LogP) is 4.67. The molecule has 0 radical (unpaired) electrons. The lowest BCUT2D eigenvalue weighted by molar-refractivity contribution is -0.132. The number of halogens is 2. The summed E-state index contributed by atoms with van der Waals surface area (Å²) in [6.07, 6.45) is 0. The van der Waals surface area contributed by atoms with Crippen LogP contribution in [0, 0.1) is 11.6 Å². The third kappa shape index (κ3) is 4.24. The maximum atomic E-state index is 14.1. The highest BCUT2D eigenvalue weighted by atomic mass is 19.2. The maximum Gasteiger partial charge on any atom is 0.300 e. The van der Waals surface area contributed by atoms with E-state index in [0.717, 1.165) is 22.7 Å². The van der Waals surface area contributed by atoms with Gasteiger partial charge in [-0.05, 0) is 48.0 Å². The summed E-state index contributed by atoms with van der Waals surface area (Å²) in [5, 5.41) is 11.4. The number of methoxy groups -OCH3 is 2. The number of anilines is 2. The van der Waals surface area contributed by atoms with Gasteiger partial charge >= 0.3 is 0 Å². The van der Waals surface area contributed by atoms with E-state index in [4.69, 9.17) is 9.47 Å². The molecule has 1 amide bonds. The van der Waals surface area contributed by atoms with E-state index in [9.17, 15) is 23.5 Å². The monoisotopic (exact) mass is 494 g/mol. The van der Waals surface area contributed by atoms with Gasteiger partial charge in [0.25, 0.3) is 11.7 Å². The van der Waals surface area contributed by atoms with Crippen molar-refractivity contribution in [1.82, 2.24) is 0 Å². The van der Waals surface area contributed by atoms with Gasteiger partial charge in [0.1, 0.15) is 17.3 Å². The number of amides is 1. The van der Waals surface area contributed by atoms with Crippen molar-refractivity contribution in [2.75, 3.05) is 38.1 Å². The molecule has 1 atom stereocenters. The van der Waals surface area contributed by atoms with Crippen molar-refractivity contribution in [2.45, 2.75) is 6.04 Å². The number of nitrogens with zero attached hydrogens (tertiary/aromatic N) is 2. The standard InChI is InChI=1S/C27H24F2N2O5/c1-30(2)16-7-5-15(6-8-16)24-23(25(32)19-14-18(35-3)10-12-22(19)36-4)26(33)27(34)31(24)17-9-11-20(28)21(29)13-17/h5-14,24,32H,1-4H3/b25-23+. The molecule has 1 unspecified atom stereocenters. The first-order chi connectivity index (χ1) is 17.2. The number of hydrogen-bond acceptors (Lipinski definition) is 6. The molecule has 1 fully saturated rings. The Labute approximate surface area is 206 Å². The fourth-order valence-corrected chi connectivity index (χ4v) is 4.15.